The van der Waals surface area contributed by atoms with Gasteiger partial charge in [-0.1, -0.05) is 0 Å². The van der Waals surface area contributed by atoms with E-state index in [1.807, 2.05) is 0 Å². The number of carboxylic acid groups (broad SMARTS) is 1. The van der Waals surface area contributed by atoms with E-state index in [9.17, 15) is 9.59 Å². The van der Waals surface area contributed by atoms with Crippen molar-refractivity contribution in [3.63, 3.8) is 0 Å². The van der Waals surface area contributed by atoms with Crippen molar-refractivity contribution >= 4 is 12.0 Å². The Bertz CT molecular complexity index is 590. The molecule has 8 heteroatoms. The lowest BCUT2D eigenvalue weighted by molar-refractivity contribution is -0.139. The Kier molecular flexibility index (Phi) is 4.04. The molecule has 0 saturated heterocycles. The zero-order chi connectivity index (χ0) is 14.5. The highest BCUT2D eigenvalue weighted by Crippen LogP contribution is 2.11. The van der Waals surface area contributed by atoms with Crippen LogP contribution < -0.4 is 10.6 Å². The second-order valence-electron chi connectivity index (χ2n) is 4.12. The van der Waals surface area contributed by atoms with Crippen molar-refractivity contribution in [3.8, 4) is 0 Å². The topological polar surface area (TPSA) is 109 Å². The number of aromatic nitrogens is 2. The highest BCUT2D eigenvalue weighted by Gasteiger charge is 2.23. The van der Waals surface area contributed by atoms with Crippen LogP contribution in [0.25, 0.3) is 0 Å². The maximum atomic E-state index is 11.7. The Morgan fingerprint density at radius 2 is 2.35 bits per heavy atom. The molecule has 0 aliphatic rings. The first-order valence-electron chi connectivity index (χ1n) is 5.84. The number of carbonyl (C=O) groups excluding carboxylic acids is 1. The summed E-state index contributed by atoms with van der Waals surface area (Å²) in [7, 11) is 1.67. The standard InChI is InChI=1S/C12H14N4O4/c1-16-7-8(5-14-16)10(11(17)18)15-12(19)13-6-9-3-2-4-20-9/h2-5,7,10H,6H2,1H3,(H,17,18)(H2,13,15,19). The van der Waals surface area contributed by atoms with Crippen molar-refractivity contribution in [2.24, 2.45) is 7.05 Å². The van der Waals surface area contributed by atoms with Crippen molar-refractivity contribution in [1.29, 1.82) is 0 Å². The van der Waals surface area contributed by atoms with Gasteiger partial charge >= 0.3 is 12.0 Å². The lowest BCUT2D eigenvalue weighted by atomic mass is 10.1. The Morgan fingerprint density at radius 1 is 1.55 bits per heavy atom. The number of rotatable bonds is 5. The molecule has 1 atom stereocenters. The van der Waals surface area contributed by atoms with Crippen LogP contribution in [0.2, 0.25) is 0 Å². The van der Waals surface area contributed by atoms with Crippen LogP contribution in [0, 0.1) is 0 Å². The van der Waals surface area contributed by atoms with Crippen LogP contribution in [0.3, 0.4) is 0 Å². The molecule has 0 bridgehead atoms. The van der Waals surface area contributed by atoms with Crippen LogP contribution in [-0.2, 0) is 18.4 Å². The minimum absolute atomic E-state index is 0.179. The van der Waals surface area contributed by atoms with E-state index in [2.05, 4.69) is 15.7 Å². The summed E-state index contributed by atoms with van der Waals surface area (Å²) >= 11 is 0. The van der Waals surface area contributed by atoms with Crippen LogP contribution in [-0.4, -0.2) is 26.9 Å². The van der Waals surface area contributed by atoms with Crippen molar-refractivity contribution < 1.29 is 19.1 Å². The van der Waals surface area contributed by atoms with Gasteiger partial charge in [-0.25, -0.2) is 9.59 Å². The fraction of sp³-hybridized carbons (Fsp3) is 0.250. The van der Waals surface area contributed by atoms with Gasteiger partial charge in [0.2, 0.25) is 0 Å². The molecule has 2 heterocycles. The van der Waals surface area contributed by atoms with Gasteiger partial charge in [0, 0.05) is 18.8 Å². The van der Waals surface area contributed by atoms with Gasteiger partial charge in [0.1, 0.15) is 5.76 Å². The normalized spacial score (nSPS) is 11.8. The van der Waals surface area contributed by atoms with Gasteiger partial charge in [-0.2, -0.15) is 5.10 Å². The molecule has 0 fully saturated rings. The summed E-state index contributed by atoms with van der Waals surface area (Å²) in [6.07, 6.45) is 4.42. The van der Waals surface area contributed by atoms with E-state index in [1.54, 1.807) is 19.2 Å². The number of hydrogen-bond donors (Lipinski definition) is 3. The van der Waals surface area contributed by atoms with Gasteiger partial charge in [-0.15, -0.1) is 0 Å². The highest BCUT2D eigenvalue weighted by atomic mass is 16.4. The van der Waals surface area contributed by atoms with Crippen molar-refractivity contribution in [2.75, 3.05) is 0 Å². The second-order valence-corrected chi connectivity index (χ2v) is 4.12. The van der Waals surface area contributed by atoms with Gasteiger partial charge < -0.3 is 20.2 Å². The van der Waals surface area contributed by atoms with Gasteiger partial charge in [0.25, 0.3) is 0 Å². The Hall–Kier alpha value is -2.77. The fourth-order valence-corrected chi connectivity index (χ4v) is 1.64. The molecule has 1 unspecified atom stereocenters. The molecule has 0 aromatic carbocycles. The molecule has 0 aliphatic heterocycles. The predicted octanol–water partition coefficient (Wildman–Crippen LogP) is 0.638. The number of aryl methyl sites for hydroxylation is 1. The fourth-order valence-electron chi connectivity index (χ4n) is 1.64. The smallest absolute Gasteiger partial charge is 0.331 e. The van der Waals surface area contributed by atoms with E-state index in [0.717, 1.165) is 0 Å². The van der Waals surface area contributed by atoms with Crippen LogP contribution in [0.15, 0.2) is 35.2 Å². The molecule has 8 nitrogen and oxygen atoms in total. The quantitative estimate of drug-likeness (QED) is 0.743. The number of carbonyl (C=O) groups is 2. The highest BCUT2D eigenvalue weighted by molar-refractivity contribution is 5.83. The zero-order valence-corrected chi connectivity index (χ0v) is 10.7. The number of amides is 2. The number of aliphatic carboxylic acids is 1. The summed E-state index contributed by atoms with van der Waals surface area (Å²) in [6, 6.07) is 1.65. The monoisotopic (exact) mass is 278 g/mol. The molecular weight excluding hydrogens is 264 g/mol. The third-order valence-electron chi connectivity index (χ3n) is 2.58. The lowest BCUT2D eigenvalue weighted by Gasteiger charge is -2.13. The van der Waals surface area contributed by atoms with Gasteiger partial charge in [-0.3, -0.25) is 4.68 Å². The lowest BCUT2D eigenvalue weighted by Crippen LogP contribution is -2.40. The molecule has 2 aromatic heterocycles. The minimum Gasteiger partial charge on any atom is -0.479 e. The number of furan rings is 1. The van der Waals surface area contributed by atoms with E-state index in [1.165, 1.54) is 23.3 Å². The second kappa shape index (κ2) is 5.91. The molecule has 3 N–H and O–H groups in total. The van der Waals surface area contributed by atoms with Crippen LogP contribution in [0.4, 0.5) is 4.79 Å². The third-order valence-corrected chi connectivity index (χ3v) is 2.58. The largest absolute Gasteiger partial charge is 0.479 e. The first kappa shape index (κ1) is 13.7. The first-order valence-corrected chi connectivity index (χ1v) is 5.84. The molecule has 0 radical (unpaired) electrons. The first-order chi connectivity index (χ1) is 9.56. The molecule has 0 saturated carbocycles. The Morgan fingerprint density at radius 3 is 2.90 bits per heavy atom. The van der Waals surface area contributed by atoms with Crippen LogP contribution >= 0.6 is 0 Å². The predicted molar refractivity (Wildman–Crippen MR) is 67.7 cm³/mol. The van der Waals surface area contributed by atoms with Crippen LogP contribution in [0.1, 0.15) is 17.4 Å². The summed E-state index contributed by atoms with van der Waals surface area (Å²) in [5.74, 6) is -0.584. The van der Waals surface area contributed by atoms with Crippen LogP contribution in [0.5, 0.6) is 0 Å². The number of urea groups is 1. The average Bonchev–Trinajstić information content (AvgIpc) is 3.04. The van der Waals surface area contributed by atoms with Crippen molar-refractivity contribution in [3.05, 3.63) is 42.1 Å². The average molecular weight is 278 g/mol. The summed E-state index contributed by atoms with van der Waals surface area (Å²) in [5, 5.41) is 17.9. The molecule has 2 amide bonds. The summed E-state index contributed by atoms with van der Waals surface area (Å²) in [4.78, 5) is 22.9. The molecular formula is C12H14N4O4. The summed E-state index contributed by atoms with van der Waals surface area (Å²) in [6.45, 7) is 0.179. The van der Waals surface area contributed by atoms with Gasteiger partial charge in [0.15, 0.2) is 6.04 Å². The third kappa shape index (κ3) is 3.37. The number of nitrogens with zero attached hydrogens (tertiary/aromatic N) is 2. The van der Waals surface area contributed by atoms with E-state index in [0.29, 0.717) is 11.3 Å². The number of hydrogen-bond acceptors (Lipinski definition) is 4. The van der Waals surface area contributed by atoms with Gasteiger partial charge in [-0.05, 0) is 12.1 Å². The molecule has 0 aliphatic carbocycles. The minimum atomic E-state index is -1.16. The summed E-state index contributed by atoms with van der Waals surface area (Å²) < 4.78 is 6.52. The molecule has 2 aromatic rings. The van der Waals surface area contributed by atoms with E-state index < -0.39 is 18.0 Å². The molecule has 0 spiro atoms. The molecule has 106 valence electrons. The van der Waals surface area contributed by atoms with E-state index in [4.69, 9.17) is 9.52 Å². The maximum Gasteiger partial charge on any atom is 0.331 e. The van der Waals surface area contributed by atoms with E-state index in [-0.39, 0.29) is 6.54 Å². The van der Waals surface area contributed by atoms with Crippen molar-refractivity contribution in [2.45, 2.75) is 12.6 Å². The maximum absolute atomic E-state index is 11.7. The Balaban J connectivity index is 1.94. The number of nitrogens with one attached hydrogen (secondary N) is 2. The summed E-state index contributed by atoms with van der Waals surface area (Å²) in [5.41, 5.74) is 0.396. The Labute approximate surface area is 114 Å². The van der Waals surface area contributed by atoms with E-state index >= 15 is 0 Å². The number of carboxylic acids is 1. The zero-order valence-electron chi connectivity index (χ0n) is 10.7. The van der Waals surface area contributed by atoms with Crippen molar-refractivity contribution in [1.82, 2.24) is 20.4 Å². The van der Waals surface area contributed by atoms with Gasteiger partial charge in [0.05, 0.1) is 19.0 Å². The molecule has 20 heavy (non-hydrogen) atoms. The molecule has 2 rings (SSSR count). The SMILES string of the molecule is Cn1cc(C(NC(=O)NCc2ccco2)C(=O)O)cn1.